The van der Waals surface area contributed by atoms with Crippen LogP contribution in [0.1, 0.15) is 24.8 Å². The molecule has 1 aromatic heterocycles. The molecule has 5 nitrogen and oxygen atoms in total. The van der Waals surface area contributed by atoms with E-state index in [1.165, 1.54) is 6.42 Å². The second-order valence-electron chi connectivity index (χ2n) is 3.97. The Hall–Kier alpha value is -1.40. The summed E-state index contributed by atoms with van der Waals surface area (Å²) >= 11 is 1.57. The summed E-state index contributed by atoms with van der Waals surface area (Å²) in [5.74, 6) is 0. The first-order valence-electron chi connectivity index (χ1n) is 6.08. The average molecular weight is 266 g/mol. The highest BCUT2D eigenvalue weighted by Crippen LogP contribution is 2.25. The summed E-state index contributed by atoms with van der Waals surface area (Å²) in [6.45, 7) is 3.12. The maximum atomic E-state index is 5.23. The lowest BCUT2D eigenvalue weighted by atomic mass is 10.2. The van der Waals surface area contributed by atoms with Crippen LogP contribution in [0.25, 0.3) is 5.57 Å². The van der Waals surface area contributed by atoms with E-state index in [2.05, 4.69) is 27.8 Å². The zero-order chi connectivity index (χ0) is 12.8. The predicted molar refractivity (Wildman–Crippen MR) is 74.4 cm³/mol. The van der Waals surface area contributed by atoms with Crippen molar-refractivity contribution < 1.29 is 4.74 Å². The van der Waals surface area contributed by atoms with Gasteiger partial charge in [-0.15, -0.1) is 10.2 Å². The van der Waals surface area contributed by atoms with Crippen molar-refractivity contribution in [3.8, 4) is 0 Å². The summed E-state index contributed by atoms with van der Waals surface area (Å²) in [5, 5.41) is 16.5. The molecule has 2 N–H and O–H groups in total. The maximum Gasteiger partial charge on any atom is 0.206 e. The highest BCUT2D eigenvalue weighted by molar-refractivity contribution is 7.16. The van der Waals surface area contributed by atoms with Crippen LogP contribution in [0, 0.1) is 0 Å². The summed E-state index contributed by atoms with van der Waals surface area (Å²) in [6.07, 6.45) is 8.07. The molecular formula is C12H18N4OS. The number of dihydropyridines is 1. The van der Waals surface area contributed by atoms with E-state index in [4.69, 9.17) is 4.74 Å². The minimum Gasteiger partial charge on any atom is -0.363 e. The van der Waals surface area contributed by atoms with E-state index in [-0.39, 0.29) is 6.23 Å². The number of hydrogen-bond acceptors (Lipinski definition) is 6. The van der Waals surface area contributed by atoms with E-state index in [0.717, 1.165) is 28.7 Å². The highest BCUT2D eigenvalue weighted by Gasteiger charge is 2.12. The Morgan fingerprint density at radius 3 is 3.17 bits per heavy atom. The largest absolute Gasteiger partial charge is 0.363 e. The number of hydrogen-bond donors (Lipinski definition) is 2. The van der Waals surface area contributed by atoms with Gasteiger partial charge in [0.15, 0.2) is 0 Å². The molecule has 18 heavy (non-hydrogen) atoms. The molecule has 0 saturated carbocycles. The van der Waals surface area contributed by atoms with Crippen LogP contribution in [-0.4, -0.2) is 30.1 Å². The van der Waals surface area contributed by atoms with Gasteiger partial charge < -0.3 is 15.4 Å². The molecule has 0 aliphatic carbocycles. The van der Waals surface area contributed by atoms with Gasteiger partial charge in [0.05, 0.1) is 0 Å². The van der Waals surface area contributed by atoms with Gasteiger partial charge in [0.1, 0.15) is 11.2 Å². The van der Waals surface area contributed by atoms with Crippen molar-refractivity contribution in [3.63, 3.8) is 0 Å². The van der Waals surface area contributed by atoms with Crippen LogP contribution in [0.15, 0.2) is 18.4 Å². The average Bonchev–Trinajstić information content (AvgIpc) is 2.88. The molecular weight excluding hydrogens is 248 g/mol. The van der Waals surface area contributed by atoms with Gasteiger partial charge in [0.25, 0.3) is 0 Å². The van der Waals surface area contributed by atoms with Gasteiger partial charge in [-0.3, -0.25) is 0 Å². The van der Waals surface area contributed by atoms with Gasteiger partial charge in [-0.2, -0.15) is 0 Å². The first-order valence-corrected chi connectivity index (χ1v) is 6.90. The summed E-state index contributed by atoms with van der Waals surface area (Å²) in [7, 11) is 1.67. The predicted octanol–water partition coefficient (Wildman–Crippen LogP) is 2.22. The fraction of sp³-hybridized carbons (Fsp3) is 0.500. The zero-order valence-electron chi connectivity index (χ0n) is 10.6. The number of unbranched alkanes of at least 4 members (excludes halogenated alkanes) is 1. The van der Waals surface area contributed by atoms with Crippen LogP contribution in [-0.2, 0) is 4.74 Å². The molecule has 0 radical (unpaired) electrons. The topological polar surface area (TPSA) is 59.1 Å². The second kappa shape index (κ2) is 6.51. The molecule has 0 saturated heterocycles. The van der Waals surface area contributed by atoms with Crippen LogP contribution in [0.2, 0.25) is 0 Å². The smallest absolute Gasteiger partial charge is 0.206 e. The van der Waals surface area contributed by atoms with E-state index in [1.807, 2.05) is 18.4 Å². The van der Waals surface area contributed by atoms with Crippen molar-refractivity contribution in [2.45, 2.75) is 26.0 Å². The number of ether oxygens (including phenoxy) is 1. The van der Waals surface area contributed by atoms with E-state index in [1.54, 1.807) is 18.4 Å². The molecule has 2 rings (SSSR count). The number of rotatable bonds is 6. The van der Waals surface area contributed by atoms with Crippen molar-refractivity contribution in [1.82, 2.24) is 15.5 Å². The van der Waals surface area contributed by atoms with Crippen molar-refractivity contribution in [2.75, 3.05) is 19.0 Å². The number of methoxy groups -OCH3 is 1. The monoisotopic (exact) mass is 266 g/mol. The van der Waals surface area contributed by atoms with Crippen LogP contribution in [0.5, 0.6) is 0 Å². The Bertz CT molecular complexity index is 441. The standard InChI is InChI=1S/C12H18N4OS/c1-3-4-6-14-12-16-15-11(18-12)9-5-7-13-10(8-9)17-2/h5,7-8,10,13H,3-4,6H2,1-2H3,(H,14,16). The summed E-state index contributed by atoms with van der Waals surface area (Å²) in [4.78, 5) is 0. The molecule has 0 spiro atoms. The Morgan fingerprint density at radius 2 is 2.39 bits per heavy atom. The van der Waals surface area contributed by atoms with Gasteiger partial charge in [-0.05, 0) is 24.8 Å². The van der Waals surface area contributed by atoms with Crippen molar-refractivity contribution in [1.29, 1.82) is 0 Å². The second-order valence-corrected chi connectivity index (χ2v) is 4.95. The first kappa shape index (κ1) is 13.0. The molecule has 98 valence electrons. The maximum absolute atomic E-state index is 5.23. The van der Waals surface area contributed by atoms with Crippen molar-refractivity contribution in [3.05, 3.63) is 23.4 Å². The molecule has 1 unspecified atom stereocenters. The third kappa shape index (κ3) is 3.30. The molecule has 2 heterocycles. The summed E-state index contributed by atoms with van der Waals surface area (Å²) in [5.41, 5.74) is 1.04. The molecule has 0 bridgehead atoms. The first-order chi connectivity index (χ1) is 8.83. The van der Waals surface area contributed by atoms with Gasteiger partial charge >= 0.3 is 0 Å². The molecule has 1 aromatic rings. The Balaban J connectivity index is 2.01. The third-order valence-corrected chi connectivity index (χ3v) is 3.52. The van der Waals surface area contributed by atoms with Crippen molar-refractivity contribution in [2.24, 2.45) is 0 Å². The van der Waals surface area contributed by atoms with Gasteiger partial charge in [0.2, 0.25) is 5.13 Å². The van der Waals surface area contributed by atoms with E-state index < -0.39 is 0 Å². The van der Waals surface area contributed by atoms with Crippen LogP contribution >= 0.6 is 11.3 Å². The fourth-order valence-corrected chi connectivity index (χ4v) is 2.34. The quantitative estimate of drug-likeness (QED) is 0.773. The van der Waals surface area contributed by atoms with E-state index in [0.29, 0.717) is 0 Å². The minimum atomic E-state index is -0.0922. The minimum absolute atomic E-state index is 0.0922. The molecule has 1 atom stereocenters. The number of aromatic nitrogens is 2. The number of nitrogens with one attached hydrogen (secondary N) is 2. The van der Waals surface area contributed by atoms with Gasteiger partial charge in [-0.1, -0.05) is 24.7 Å². The summed E-state index contributed by atoms with van der Waals surface area (Å²) in [6, 6.07) is 0. The molecule has 0 aromatic carbocycles. The molecule has 1 aliphatic heterocycles. The van der Waals surface area contributed by atoms with Gasteiger partial charge in [0, 0.05) is 19.2 Å². The number of nitrogens with zero attached hydrogens (tertiary/aromatic N) is 2. The van der Waals surface area contributed by atoms with Crippen LogP contribution in [0.3, 0.4) is 0 Å². The van der Waals surface area contributed by atoms with Crippen molar-refractivity contribution >= 4 is 22.0 Å². The lowest BCUT2D eigenvalue weighted by Crippen LogP contribution is -2.26. The SMILES string of the molecule is CCCCNc1nnc(C2=CC(OC)NC=C2)s1. The zero-order valence-corrected chi connectivity index (χ0v) is 11.5. The number of anilines is 1. The lowest BCUT2D eigenvalue weighted by molar-refractivity contribution is 0.124. The number of allylic oxidation sites excluding steroid dienone is 2. The van der Waals surface area contributed by atoms with E-state index >= 15 is 0 Å². The van der Waals surface area contributed by atoms with Crippen LogP contribution < -0.4 is 10.6 Å². The molecule has 0 amide bonds. The summed E-state index contributed by atoms with van der Waals surface area (Å²) < 4.78 is 5.23. The highest BCUT2D eigenvalue weighted by atomic mass is 32.1. The van der Waals surface area contributed by atoms with Crippen LogP contribution in [0.4, 0.5) is 5.13 Å². The molecule has 1 aliphatic rings. The molecule has 6 heteroatoms. The fourth-order valence-electron chi connectivity index (χ4n) is 1.56. The Morgan fingerprint density at radius 1 is 1.50 bits per heavy atom. The normalized spacial score (nSPS) is 18.3. The Labute approximate surface area is 111 Å². The third-order valence-electron chi connectivity index (χ3n) is 2.59. The molecule has 0 fully saturated rings. The Kier molecular flexibility index (Phi) is 4.72. The van der Waals surface area contributed by atoms with E-state index in [9.17, 15) is 0 Å². The van der Waals surface area contributed by atoms with Gasteiger partial charge in [-0.25, -0.2) is 0 Å². The lowest BCUT2D eigenvalue weighted by Gasteiger charge is -2.15.